The third kappa shape index (κ3) is 2.31. The van der Waals surface area contributed by atoms with Gasteiger partial charge in [-0.25, -0.2) is 0 Å². The Kier molecular flexibility index (Phi) is 3.25. The van der Waals surface area contributed by atoms with Crippen molar-refractivity contribution in [2.45, 2.75) is 38.5 Å². The molecule has 2 rings (SSSR count). The van der Waals surface area contributed by atoms with Crippen LogP contribution in [0.1, 0.15) is 38.5 Å². The molecule has 1 aliphatic carbocycles. The SMILES string of the molecule is C=CCCCC(=O)C1CC12CCNCC2. The van der Waals surface area contributed by atoms with Crippen molar-refractivity contribution in [3.05, 3.63) is 12.7 Å². The first kappa shape index (κ1) is 10.9. The Morgan fingerprint density at radius 2 is 2.20 bits per heavy atom. The second-order valence-electron chi connectivity index (χ2n) is 5.02. The number of hydrogen-bond donors (Lipinski definition) is 1. The first-order valence-corrected chi connectivity index (χ1v) is 6.13. The van der Waals surface area contributed by atoms with Crippen molar-refractivity contribution in [3.8, 4) is 0 Å². The molecule has 2 nitrogen and oxygen atoms in total. The number of carbonyl (C=O) groups excluding carboxylic acids is 1. The zero-order valence-corrected chi connectivity index (χ0v) is 9.43. The summed E-state index contributed by atoms with van der Waals surface area (Å²) in [5, 5.41) is 3.37. The van der Waals surface area contributed by atoms with Crippen LogP contribution in [0.5, 0.6) is 0 Å². The molecule has 1 spiro atoms. The maximum Gasteiger partial charge on any atom is 0.136 e. The lowest BCUT2D eigenvalue weighted by Crippen LogP contribution is -2.30. The van der Waals surface area contributed by atoms with Crippen LogP contribution < -0.4 is 5.32 Å². The highest BCUT2D eigenvalue weighted by molar-refractivity contribution is 5.84. The smallest absolute Gasteiger partial charge is 0.136 e. The quantitative estimate of drug-likeness (QED) is 0.553. The average Bonchev–Trinajstić information content (AvgIpc) is 2.94. The molecule has 84 valence electrons. The lowest BCUT2D eigenvalue weighted by Gasteiger charge is -2.23. The van der Waals surface area contributed by atoms with Gasteiger partial charge in [-0.1, -0.05) is 6.08 Å². The largest absolute Gasteiger partial charge is 0.317 e. The van der Waals surface area contributed by atoms with Gasteiger partial charge in [0.2, 0.25) is 0 Å². The number of ketones is 1. The van der Waals surface area contributed by atoms with Gasteiger partial charge in [0.05, 0.1) is 0 Å². The van der Waals surface area contributed by atoms with Gasteiger partial charge >= 0.3 is 0 Å². The Labute approximate surface area is 92.1 Å². The molecule has 1 saturated carbocycles. The number of carbonyl (C=O) groups is 1. The fourth-order valence-corrected chi connectivity index (χ4v) is 2.88. The van der Waals surface area contributed by atoms with Gasteiger partial charge in [-0.05, 0) is 50.6 Å². The molecule has 15 heavy (non-hydrogen) atoms. The molecule has 0 bridgehead atoms. The van der Waals surface area contributed by atoms with Crippen LogP contribution in [0.2, 0.25) is 0 Å². The minimum absolute atomic E-state index is 0.407. The highest BCUT2D eigenvalue weighted by Gasteiger charge is 2.56. The van der Waals surface area contributed by atoms with Gasteiger partial charge in [-0.15, -0.1) is 6.58 Å². The molecular formula is C13H21NO. The Hall–Kier alpha value is -0.630. The van der Waals surface area contributed by atoms with Crippen LogP contribution in [0.15, 0.2) is 12.7 Å². The number of piperidine rings is 1. The van der Waals surface area contributed by atoms with Crippen molar-refractivity contribution >= 4 is 5.78 Å². The number of unbranched alkanes of at least 4 members (excludes halogenated alkanes) is 1. The van der Waals surface area contributed by atoms with Crippen LogP contribution in [0.3, 0.4) is 0 Å². The maximum atomic E-state index is 11.9. The summed E-state index contributed by atoms with van der Waals surface area (Å²) in [5.41, 5.74) is 0.427. The second kappa shape index (κ2) is 4.48. The normalized spacial score (nSPS) is 27.6. The van der Waals surface area contributed by atoms with E-state index in [1.54, 1.807) is 0 Å². The van der Waals surface area contributed by atoms with Gasteiger partial charge in [0, 0.05) is 12.3 Å². The average molecular weight is 207 g/mol. The molecular weight excluding hydrogens is 186 g/mol. The molecule has 0 aromatic heterocycles. The van der Waals surface area contributed by atoms with Crippen molar-refractivity contribution in [1.29, 1.82) is 0 Å². The van der Waals surface area contributed by atoms with Crippen LogP contribution in [-0.4, -0.2) is 18.9 Å². The van der Waals surface area contributed by atoms with E-state index in [0.717, 1.165) is 32.4 Å². The third-order valence-electron chi connectivity index (χ3n) is 4.01. The summed E-state index contributed by atoms with van der Waals surface area (Å²) in [6.07, 6.45) is 8.24. The minimum Gasteiger partial charge on any atom is -0.317 e. The van der Waals surface area contributed by atoms with Crippen molar-refractivity contribution < 1.29 is 4.79 Å². The van der Waals surface area contributed by atoms with Crippen LogP contribution in [0.4, 0.5) is 0 Å². The zero-order chi connectivity index (χ0) is 10.7. The first-order valence-electron chi connectivity index (χ1n) is 6.13. The summed E-state index contributed by atoms with van der Waals surface area (Å²) in [6.45, 7) is 5.90. The standard InChI is InChI=1S/C13H21NO/c1-2-3-4-5-12(15)11-10-13(11)6-8-14-9-7-13/h2,11,14H,1,3-10H2. The molecule has 0 aromatic rings. The summed E-state index contributed by atoms with van der Waals surface area (Å²) in [7, 11) is 0. The van der Waals surface area contributed by atoms with Gasteiger partial charge in [-0.2, -0.15) is 0 Å². The molecule has 0 radical (unpaired) electrons. The van der Waals surface area contributed by atoms with E-state index in [9.17, 15) is 4.79 Å². The topological polar surface area (TPSA) is 29.1 Å². The molecule has 1 saturated heterocycles. The minimum atomic E-state index is 0.407. The summed E-state index contributed by atoms with van der Waals surface area (Å²) < 4.78 is 0. The van der Waals surface area contributed by atoms with Crippen molar-refractivity contribution in [2.24, 2.45) is 11.3 Å². The Balaban J connectivity index is 1.76. The van der Waals surface area contributed by atoms with E-state index in [-0.39, 0.29) is 0 Å². The van der Waals surface area contributed by atoms with Crippen LogP contribution >= 0.6 is 0 Å². The third-order valence-corrected chi connectivity index (χ3v) is 4.01. The van der Waals surface area contributed by atoms with E-state index in [2.05, 4.69) is 11.9 Å². The molecule has 2 fully saturated rings. The van der Waals surface area contributed by atoms with Crippen molar-refractivity contribution in [2.75, 3.05) is 13.1 Å². The monoisotopic (exact) mass is 207 g/mol. The number of Topliss-reactive ketones (excluding diaryl/α,β-unsaturated/α-hetero) is 1. The fraction of sp³-hybridized carbons (Fsp3) is 0.769. The first-order chi connectivity index (χ1) is 7.28. The van der Waals surface area contributed by atoms with Gasteiger partial charge in [-0.3, -0.25) is 4.79 Å². The number of hydrogen-bond acceptors (Lipinski definition) is 2. The van der Waals surface area contributed by atoms with Crippen LogP contribution in [0.25, 0.3) is 0 Å². The summed E-state index contributed by atoms with van der Waals surface area (Å²) in [4.78, 5) is 11.9. The highest BCUT2D eigenvalue weighted by Crippen LogP contribution is 2.59. The van der Waals surface area contributed by atoms with Crippen LogP contribution in [0, 0.1) is 11.3 Å². The predicted octanol–water partition coefficient (Wildman–Crippen LogP) is 2.30. The maximum absolute atomic E-state index is 11.9. The van der Waals surface area contributed by atoms with Gasteiger partial charge in [0.15, 0.2) is 0 Å². The predicted molar refractivity (Wildman–Crippen MR) is 61.7 cm³/mol. The molecule has 2 aliphatic rings. The molecule has 0 aromatic carbocycles. The Bertz CT molecular complexity index is 253. The zero-order valence-electron chi connectivity index (χ0n) is 9.43. The summed E-state index contributed by atoms with van der Waals surface area (Å²) >= 11 is 0. The fourth-order valence-electron chi connectivity index (χ4n) is 2.88. The van der Waals surface area contributed by atoms with Gasteiger partial charge < -0.3 is 5.32 Å². The van der Waals surface area contributed by atoms with E-state index in [0.29, 0.717) is 17.1 Å². The molecule has 1 unspecified atom stereocenters. The molecule has 1 aliphatic heterocycles. The Morgan fingerprint density at radius 3 is 2.87 bits per heavy atom. The molecule has 1 heterocycles. The van der Waals surface area contributed by atoms with Crippen molar-refractivity contribution in [1.82, 2.24) is 5.32 Å². The molecule has 2 heteroatoms. The second-order valence-corrected chi connectivity index (χ2v) is 5.02. The van der Waals surface area contributed by atoms with E-state index >= 15 is 0 Å². The lowest BCUT2D eigenvalue weighted by molar-refractivity contribution is -0.121. The van der Waals surface area contributed by atoms with E-state index in [1.165, 1.54) is 19.3 Å². The molecule has 1 atom stereocenters. The van der Waals surface area contributed by atoms with E-state index in [4.69, 9.17) is 0 Å². The molecule has 0 amide bonds. The summed E-state index contributed by atoms with van der Waals surface area (Å²) in [5.74, 6) is 0.920. The number of nitrogens with one attached hydrogen (secondary N) is 1. The number of rotatable bonds is 5. The van der Waals surface area contributed by atoms with E-state index in [1.807, 2.05) is 6.08 Å². The number of allylic oxidation sites excluding steroid dienone is 1. The van der Waals surface area contributed by atoms with E-state index < -0.39 is 0 Å². The summed E-state index contributed by atoms with van der Waals surface area (Å²) in [6, 6.07) is 0. The van der Waals surface area contributed by atoms with Crippen LogP contribution in [-0.2, 0) is 4.79 Å². The van der Waals surface area contributed by atoms with Crippen molar-refractivity contribution in [3.63, 3.8) is 0 Å². The molecule has 1 N–H and O–H groups in total. The lowest BCUT2D eigenvalue weighted by atomic mass is 9.90. The Morgan fingerprint density at radius 1 is 1.47 bits per heavy atom. The van der Waals surface area contributed by atoms with Gasteiger partial charge in [0.1, 0.15) is 5.78 Å². The highest BCUT2D eigenvalue weighted by atomic mass is 16.1. The van der Waals surface area contributed by atoms with Gasteiger partial charge in [0.25, 0.3) is 0 Å².